The molecule has 5 heteroatoms. The van der Waals surface area contributed by atoms with Gasteiger partial charge < -0.3 is 25.4 Å². The van der Waals surface area contributed by atoms with Crippen LogP contribution in [0.4, 0.5) is 5.69 Å². The molecule has 3 aliphatic rings. The van der Waals surface area contributed by atoms with E-state index < -0.39 is 0 Å². The number of nitrogens with two attached hydrogens (primary N) is 1. The summed E-state index contributed by atoms with van der Waals surface area (Å²) in [5.74, 6) is 0.842. The minimum Gasteiger partial charge on any atom is -0.496 e. The highest BCUT2D eigenvalue weighted by atomic mass is 16.6. The lowest BCUT2D eigenvalue weighted by Crippen LogP contribution is -2.39. The Hall–Kier alpha value is -2.08. The first kappa shape index (κ1) is 19.9. The third-order valence-corrected chi connectivity index (χ3v) is 7.34. The lowest BCUT2D eigenvalue weighted by Gasteiger charge is -2.36. The number of piperidine rings is 1. The molecule has 2 fully saturated rings. The average molecular weight is 408 g/mol. The van der Waals surface area contributed by atoms with Crippen molar-refractivity contribution in [2.45, 2.75) is 62.9 Å². The second-order valence-corrected chi connectivity index (χ2v) is 9.50. The number of ether oxygens (including phenoxy) is 2. The molecule has 30 heavy (non-hydrogen) atoms. The molecule has 2 aromatic rings. The number of benzene rings is 2. The molecule has 0 aromatic heterocycles. The van der Waals surface area contributed by atoms with E-state index in [1.807, 2.05) is 0 Å². The van der Waals surface area contributed by atoms with Crippen molar-refractivity contribution >= 4 is 5.69 Å². The van der Waals surface area contributed by atoms with Crippen LogP contribution in [-0.2, 0) is 10.2 Å². The molecule has 0 radical (unpaired) electrons. The van der Waals surface area contributed by atoms with Crippen LogP contribution in [0.1, 0.15) is 67.4 Å². The van der Waals surface area contributed by atoms with Gasteiger partial charge in [-0.05, 0) is 42.1 Å². The van der Waals surface area contributed by atoms with E-state index in [9.17, 15) is 0 Å². The van der Waals surface area contributed by atoms with Crippen LogP contribution in [-0.4, -0.2) is 33.0 Å². The molecule has 5 nitrogen and oxygen atoms in total. The Kier molecular flexibility index (Phi) is 4.80. The van der Waals surface area contributed by atoms with Gasteiger partial charge in [-0.3, -0.25) is 0 Å². The predicted molar refractivity (Wildman–Crippen MR) is 120 cm³/mol. The molecule has 2 saturated heterocycles. The van der Waals surface area contributed by atoms with Crippen molar-refractivity contribution in [3.8, 4) is 5.75 Å². The molecule has 4 atom stereocenters. The lowest BCUT2D eigenvalue weighted by atomic mass is 9.76. The minimum absolute atomic E-state index is 0.0578. The van der Waals surface area contributed by atoms with Gasteiger partial charge in [-0.1, -0.05) is 44.5 Å². The Balaban J connectivity index is 1.59. The van der Waals surface area contributed by atoms with Gasteiger partial charge in [0, 0.05) is 35.8 Å². The molecule has 3 N–H and O–H groups in total. The van der Waals surface area contributed by atoms with E-state index in [1.165, 1.54) is 35.2 Å². The lowest BCUT2D eigenvalue weighted by molar-refractivity contribution is 0.313. The Morgan fingerprint density at radius 2 is 2.00 bits per heavy atom. The van der Waals surface area contributed by atoms with Crippen LogP contribution in [0.2, 0.25) is 0 Å². The van der Waals surface area contributed by atoms with E-state index in [-0.39, 0.29) is 23.8 Å². The third-order valence-electron chi connectivity index (χ3n) is 7.34. The summed E-state index contributed by atoms with van der Waals surface area (Å²) in [5.41, 5.74) is 12.9. The van der Waals surface area contributed by atoms with Gasteiger partial charge in [0.1, 0.15) is 11.9 Å². The highest BCUT2D eigenvalue weighted by Crippen LogP contribution is 2.53. The second-order valence-electron chi connectivity index (χ2n) is 9.50. The number of epoxide rings is 1. The highest BCUT2D eigenvalue weighted by molar-refractivity contribution is 5.67. The Morgan fingerprint density at radius 3 is 2.73 bits per heavy atom. The van der Waals surface area contributed by atoms with Crippen molar-refractivity contribution < 1.29 is 9.47 Å². The Morgan fingerprint density at radius 1 is 1.20 bits per heavy atom. The fraction of sp³-hybridized carbons (Fsp3) is 0.520. The second kappa shape index (κ2) is 7.26. The van der Waals surface area contributed by atoms with Gasteiger partial charge in [0.15, 0.2) is 6.23 Å². The highest BCUT2D eigenvalue weighted by Gasteiger charge is 2.57. The summed E-state index contributed by atoms with van der Waals surface area (Å²) in [6, 6.07) is 13.1. The molecule has 3 aliphatic heterocycles. The standard InChI is InChI=1S/C25H33N3O2/c1-25(2)18-13-17(21(29-4)14-20(18)28(3)24-23(25)30-24)22(26)16-10-6-5-9-15(16)19-11-7-8-12-27-19/h5-6,9-10,13-14,19,22-24,27H,7-8,11-12,26H2,1-4H3/t19-,22?,23?,24?/m1/s1. The first-order valence-corrected chi connectivity index (χ1v) is 11.1. The first-order chi connectivity index (χ1) is 14.4. The molecule has 3 heterocycles. The van der Waals surface area contributed by atoms with Crippen LogP contribution >= 0.6 is 0 Å². The van der Waals surface area contributed by atoms with Crippen molar-refractivity contribution in [2.75, 3.05) is 25.6 Å². The smallest absolute Gasteiger partial charge is 0.158 e. The zero-order valence-corrected chi connectivity index (χ0v) is 18.4. The molecule has 0 saturated carbocycles. The largest absolute Gasteiger partial charge is 0.496 e. The van der Waals surface area contributed by atoms with E-state index in [4.69, 9.17) is 15.2 Å². The quantitative estimate of drug-likeness (QED) is 0.750. The monoisotopic (exact) mass is 407 g/mol. The fourth-order valence-corrected chi connectivity index (χ4v) is 5.43. The molecular weight excluding hydrogens is 374 g/mol. The van der Waals surface area contributed by atoms with Crippen molar-refractivity contribution in [1.82, 2.24) is 5.32 Å². The van der Waals surface area contributed by atoms with Gasteiger partial charge in [-0.25, -0.2) is 0 Å². The molecule has 0 spiro atoms. The maximum Gasteiger partial charge on any atom is 0.158 e. The summed E-state index contributed by atoms with van der Waals surface area (Å²) in [5, 5.41) is 3.68. The van der Waals surface area contributed by atoms with Crippen LogP contribution in [0.25, 0.3) is 0 Å². The number of nitrogens with one attached hydrogen (secondary N) is 1. The summed E-state index contributed by atoms with van der Waals surface area (Å²) in [6.07, 6.45) is 4.05. The van der Waals surface area contributed by atoms with Crippen LogP contribution in [0.3, 0.4) is 0 Å². The van der Waals surface area contributed by atoms with E-state index >= 15 is 0 Å². The Labute approximate surface area is 179 Å². The number of hydrogen-bond donors (Lipinski definition) is 2. The predicted octanol–water partition coefficient (Wildman–Crippen LogP) is 4.01. The average Bonchev–Trinajstić information content (AvgIpc) is 3.59. The number of hydrogen-bond acceptors (Lipinski definition) is 5. The summed E-state index contributed by atoms with van der Waals surface area (Å²) in [6.45, 7) is 5.61. The molecule has 160 valence electrons. The van der Waals surface area contributed by atoms with Crippen LogP contribution in [0.15, 0.2) is 36.4 Å². The van der Waals surface area contributed by atoms with Gasteiger partial charge in [0.2, 0.25) is 0 Å². The first-order valence-electron chi connectivity index (χ1n) is 11.1. The zero-order valence-electron chi connectivity index (χ0n) is 18.4. The van der Waals surface area contributed by atoms with Gasteiger partial charge >= 0.3 is 0 Å². The van der Waals surface area contributed by atoms with E-state index in [0.717, 1.165) is 24.3 Å². The number of rotatable bonds is 4. The molecule has 3 unspecified atom stereocenters. The fourth-order valence-electron chi connectivity index (χ4n) is 5.43. The summed E-state index contributed by atoms with van der Waals surface area (Å²) >= 11 is 0. The van der Waals surface area contributed by atoms with Gasteiger partial charge in [-0.2, -0.15) is 0 Å². The van der Waals surface area contributed by atoms with Crippen molar-refractivity contribution in [3.05, 3.63) is 58.7 Å². The topological polar surface area (TPSA) is 63.1 Å². The van der Waals surface area contributed by atoms with Crippen molar-refractivity contribution in [1.29, 1.82) is 0 Å². The Bertz CT molecular complexity index is 951. The van der Waals surface area contributed by atoms with Crippen LogP contribution < -0.4 is 20.7 Å². The third kappa shape index (κ3) is 3.03. The van der Waals surface area contributed by atoms with Gasteiger partial charge in [0.05, 0.1) is 13.2 Å². The summed E-state index contributed by atoms with van der Waals surface area (Å²) < 4.78 is 11.8. The molecule has 0 aliphatic carbocycles. The molecule has 0 bridgehead atoms. The number of anilines is 1. The van der Waals surface area contributed by atoms with E-state index in [1.54, 1.807) is 7.11 Å². The van der Waals surface area contributed by atoms with Gasteiger partial charge in [0.25, 0.3) is 0 Å². The minimum atomic E-state index is -0.246. The number of fused-ring (bicyclic) bond motifs is 2. The van der Waals surface area contributed by atoms with Gasteiger partial charge in [-0.15, -0.1) is 0 Å². The molecule has 5 rings (SSSR count). The number of likely N-dealkylation sites (N-methyl/N-ethyl adjacent to an activating group) is 1. The van der Waals surface area contributed by atoms with Crippen molar-refractivity contribution in [3.63, 3.8) is 0 Å². The van der Waals surface area contributed by atoms with E-state index in [2.05, 4.69) is 67.5 Å². The van der Waals surface area contributed by atoms with Crippen LogP contribution in [0, 0.1) is 0 Å². The summed E-state index contributed by atoms with van der Waals surface area (Å²) in [4.78, 5) is 2.23. The molecule has 0 amide bonds. The SMILES string of the molecule is COc1cc2c(cc1C(N)c1ccccc1[C@H]1CCCCN1)C(C)(C)C1OC1N2C. The number of methoxy groups -OCH3 is 1. The maximum absolute atomic E-state index is 6.95. The van der Waals surface area contributed by atoms with E-state index in [0.29, 0.717) is 6.04 Å². The molecular formula is C25H33N3O2. The number of nitrogens with zero attached hydrogens (tertiary/aromatic N) is 1. The zero-order chi connectivity index (χ0) is 21.0. The maximum atomic E-state index is 6.95. The van der Waals surface area contributed by atoms with Crippen molar-refractivity contribution in [2.24, 2.45) is 5.73 Å². The normalized spacial score (nSPS) is 27.8. The summed E-state index contributed by atoms with van der Waals surface area (Å²) in [7, 11) is 3.83. The van der Waals surface area contributed by atoms with Crippen LogP contribution in [0.5, 0.6) is 5.75 Å². The molecule has 2 aromatic carbocycles.